The average Bonchev–Trinajstić information content (AvgIpc) is 2.93. The fraction of sp³-hybridized carbons (Fsp3) is 0.615. The van der Waals surface area contributed by atoms with Gasteiger partial charge in [0, 0.05) is 38.9 Å². The molecule has 0 unspecified atom stereocenters. The summed E-state index contributed by atoms with van der Waals surface area (Å²) < 4.78 is 0. The van der Waals surface area contributed by atoms with Gasteiger partial charge in [-0.15, -0.1) is 0 Å². The van der Waals surface area contributed by atoms with E-state index in [1.165, 1.54) is 6.20 Å². The number of H-pyrrole nitrogens is 2. The summed E-state index contributed by atoms with van der Waals surface area (Å²) in [5.74, 6) is -0.223. The van der Waals surface area contributed by atoms with Crippen LogP contribution in [-0.4, -0.2) is 64.4 Å². The Morgan fingerprint density at radius 3 is 2.48 bits per heavy atom. The fourth-order valence-corrected chi connectivity index (χ4v) is 2.21. The van der Waals surface area contributed by atoms with Crippen LogP contribution in [-0.2, 0) is 0 Å². The number of nitrogens with one attached hydrogen (secondary N) is 3. The average molecular weight is 295 g/mol. The highest BCUT2D eigenvalue weighted by Gasteiger charge is 2.25. The largest absolute Gasteiger partial charge is 0.338 e. The van der Waals surface area contributed by atoms with E-state index in [9.17, 15) is 14.4 Å². The zero-order valence-electron chi connectivity index (χ0n) is 12.1. The number of amides is 3. The van der Waals surface area contributed by atoms with Crippen LogP contribution in [0.15, 0.2) is 11.0 Å². The van der Waals surface area contributed by atoms with E-state index in [1.54, 1.807) is 9.80 Å². The third-order valence-electron chi connectivity index (χ3n) is 3.49. The molecule has 1 aromatic heterocycles. The van der Waals surface area contributed by atoms with Crippen molar-refractivity contribution in [2.45, 2.75) is 19.8 Å². The molecule has 0 aromatic carbocycles. The van der Waals surface area contributed by atoms with Gasteiger partial charge in [0.15, 0.2) is 0 Å². The number of urea groups is 1. The number of carbonyl (C=O) groups is 2. The van der Waals surface area contributed by atoms with Crippen LogP contribution in [0.4, 0.5) is 4.79 Å². The quantitative estimate of drug-likeness (QED) is 0.680. The van der Waals surface area contributed by atoms with Crippen LogP contribution in [0.25, 0.3) is 0 Å². The van der Waals surface area contributed by atoms with E-state index in [-0.39, 0.29) is 17.6 Å². The van der Waals surface area contributed by atoms with Crippen molar-refractivity contribution >= 4 is 11.9 Å². The van der Waals surface area contributed by atoms with Crippen LogP contribution in [0.1, 0.15) is 30.3 Å². The lowest BCUT2D eigenvalue weighted by Gasteiger charge is -2.34. The molecule has 2 rings (SSSR count). The number of nitrogens with zero attached hydrogens (tertiary/aromatic N) is 2. The van der Waals surface area contributed by atoms with Crippen LogP contribution >= 0.6 is 0 Å². The standard InChI is InChI=1S/C13H21N5O3/c1-2-3-4-14-13(21)18-7-5-17(6-8-18)11(19)10-9-15-12(20)16-10/h9H,2-8H2,1H3,(H,14,21)(H2,15,16,20). The van der Waals surface area contributed by atoms with E-state index in [2.05, 4.69) is 22.2 Å². The number of aromatic nitrogens is 2. The zero-order chi connectivity index (χ0) is 15.2. The van der Waals surface area contributed by atoms with Crippen molar-refractivity contribution in [3.63, 3.8) is 0 Å². The number of rotatable bonds is 4. The molecule has 1 aliphatic rings. The lowest BCUT2D eigenvalue weighted by molar-refractivity contribution is 0.0659. The molecule has 0 aliphatic carbocycles. The third kappa shape index (κ3) is 3.87. The maximum absolute atomic E-state index is 12.1. The molecule has 3 amide bonds. The summed E-state index contributed by atoms with van der Waals surface area (Å²) >= 11 is 0. The number of hydrogen-bond acceptors (Lipinski definition) is 3. The van der Waals surface area contributed by atoms with E-state index in [1.807, 2.05) is 0 Å². The van der Waals surface area contributed by atoms with Crippen LogP contribution in [0, 0.1) is 0 Å². The molecule has 8 nitrogen and oxygen atoms in total. The van der Waals surface area contributed by atoms with Crippen molar-refractivity contribution < 1.29 is 9.59 Å². The molecule has 1 fully saturated rings. The minimum atomic E-state index is -0.396. The molecule has 3 N–H and O–H groups in total. The monoisotopic (exact) mass is 295 g/mol. The number of unbranched alkanes of at least 4 members (excludes halogenated alkanes) is 1. The maximum atomic E-state index is 12.1. The van der Waals surface area contributed by atoms with Gasteiger partial charge in [-0.2, -0.15) is 0 Å². The minimum absolute atomic E-state index is 0.0781. The molecule has 0 radical (unpaired) electrons. The van der Waals surface area contributed by atoms with E-state index in [0.29, 0.717) is 32.7 Å². The maximum Gasteiger partial charge on any atom is 0.323 e. The van der Waals surface area contributed by atoms with E-state index in [4.69, 9.17) is 0 Å². The third-order valence-corrected chi connectivity index (χ3v) is 3.49. The Hall–Kier alpha value is -2.25. The van der Waals surface area contributed by atoms with Gasteiger partial charge < -0.3 is 25.1 Å². The van der Waals surface area contributed by atoms with E-state index < -0.39 is 5.69 Å². The minimum Gasteiger partial charge on any atom is -0.338 e. The lowest BCUT2D eigenvalue weighted by atomic mass is 10.3. The molecule has 0 saturated carbocycles. The van der Waals surface area contributed by atoms with Crippen molar-refractivity contribution in [1.29, 1.82) is 0 Å². The van der Waals surface area contributed by atoms with Crippen molar-refractivity contribution in [2.24, 2.45) is 0 Å². The van der Waals surface area contributed by atoms with Gasteiger partial charge in [-0.1, -0.05) is 13.3 Å². The molecular formula is C13H21N5O3. The van der Waals surface area contributed by atoms with Gasteiger partial charge in [0.25, 0.3) is 5.91 Å². The number of aromatic amines is 2. The normalized spacial score (nSPS) is 15.1. The number of carbonyl (C=O) groups excluding carboxylic acids is 2. The molecule has 2 heterocycles. The summed E-state index contributed by atoms with van der Waals surface area (Å²) in [7, 11) is 0. The van der Waals surface area contributed by atoms with Gasteiger partial charge in [0.05, 0.1) is 0 Å². The number of imidazole rings is 1. The predicted octanol–water partition coefficient (Wildman–Crippen LogP) is -0.0295. The second-order valence-corrected chi connectivity index (χ2v) is 5.02. The topological polar surface area (TPSA) is 101 Å². The molecule has 1 saturated heterocycles. The van der Waals surface area contributed by atoms with Crippen LogP contribution in [0.3, 0.4) is 0 Å². The Balaban J connectivity index is 1.81. The van der Waals surface area contributed by atoms with Gasteiger partial charge >= 0.3 is 11.7 Å². The van der Waals surface area contributed by atoms with Gasteiger partial charge in [0.2, 0.25) is 0 Å². The van der Waals surface area contributed by atoms with E-state index >= 15 is 0 Å². The Labute approximate surface area is 122 Å². The summed E-state index contributed by atoms with van der Waals surface area (Å²) in [5.41, 5.74) is -0.145. The van der Waals surface area contributed by atoms with Gasteiger partial charge in [0.1, 0.15) is 5.69 Å². The Morgan fingerprint density at radius 2 is 1.90 bits per heavy atom. The van der Waals surface area contributed by atoms with E-state index in [0.717, 1.165) is 12.8 Å². The van der Waals surface area contributed by atoms with Gasteiger partial charge in [-0.05, 0) is 6.42 Å². The smallest absolute Gasteiger partial charge is 0.323 e. The fourth-order valence-electron chi connectivity index (χ4n) is 2.21. The Morgan fingerprint density at radius 1 is 1.24 bits per heavy atom. The van der Waals surface area contributed by atoms with Crippen LogP contribution < -0.4 is 11.0 Å². The van der Waals surface area contributed by atoms with Crippen molar-refractivity contribution in [2.75, 3.05) is 32.7 Å². The molecule has 21 heavy (non-hydrogen) atoms. The van der Waals surface area contributed by atoms with Crippen LogP contribution in [0.2, 0.25) is 0 Å². The first-order chi connectivity index (χ1) is 10.1. The summed E-state index contributed by atoms with van der Waals surface area (Å²) in [4.78, 5) is 43.2. The Bertz CT molecular complexity index is 542. The molecule has 8 heteroatoms. The van der Waals surface area contributed by atoms with Gasteiger partial charge in [-0.3, -0.25) is 4.79 Å². The summed E-state index contributed by atoms with van der Waals surface area (Å²) in [6.45, 7) is 4.68. The molecule has 1 aliphatic heterocycles. The van der Waals surface area contributed by atoms with Crippen molar-refractivity contribution in [3.05, 3.63) is 22.4 Å². The number of hydrogen-bond donors (Lipinski definition) is 3. The first-order valence-corrected chi connectivity index (χ1v) is 7.21. The van der Waals surface area contributed by atoms with Crippen LogP contribution in [0.5, 0.6) is 0 Å². The first-order valence-electron chi connectivity index (χ1n) is 7.21. The molecule has 0 atom stereocenters. The highest BCUT2D eigenvalue weighted by Crippen LogP contribution is 2.06. The number of piperazine rings is 1. The SMILES string of the molecule is CCCCNC(=O)N1CCN(C(=O)c2c[nH]c(=O)[nH]2)CC1. The highest BCUT2D eigenvalue weighted by atomic mass is 16.2. The van der Waals surface area contributed by atoms with Crippen molar-refractivity contribution in [3.8, 4) is 0 Å². The molecule has 116 valence electrons. The lowest BCUT2D eigenvalue weighted by Crippen LogP contribution is -2.53. The second-order valence-electron chi connectivity index (χ2n) is 5.02. The molecule has 0 spiro atoms. The van der Waals surface area contributed by atoms with Crippen molar-refractivity contribution in [1.82, 2.24) is 25.1 Å². The molecular weight excluding hydrogens is 274 g/mol. The second kappa shape index (κ2) is 6.96. The summed E-state index contributed by atoms with van der Waals surface area (Å²) in [5, 5.41) is 2.86. The summed E-state index contributed by atoms with van der Waals surface area (Å²) in [6.07, 6.45) is 3.37. The van der Waals surface area contributed by atoms with Gasteiger partial charge in [-0.25, -0.2) is 9.59 Å². The predicted molar refractivity (Wildman–Crippen MR) is 77.2 cm³/mol. The summed E-state index contributed by atoms with van der Waals surface area (Å²) in [6, 6.07) is -0.0781. The molecule has 0 bridgehead atoms. The Kier molecular flexibility index (Phi) is 5.02. The highest BCUT2D eigenvalue weighted by molar-refractivity contribution is 5.92. The molecule has 1 aromatic rings. The zero-order valence-corrected chi connectivity index (χ0v) is 12.1. The first kappa shape index (κ1) is 15.1.